The standard InChI is InChI=1S/C13H9BrN2O/c14-10-6-12-13(17)15-11(8-16(12)7-10)9-4-2-1-3-5-9/h1-8H,(H,15,17). The van der Waals surface area contributed by atoms with Crippen LogP contribution in [-0.2, 0) is 0 Å². The van der Waals surface area contributed by atoms with Gasteiger partial charge in [-0.25, -0.2) is 0 Å². The summed E-state index contributed by atoms with van der Waals surface area (Å²) in [4.78, 5) is 14.8. The van der Waals surface area contributed by atoms with Gasteiger partial charge in [-0.2, -0.15) is 0 Å². The molecule has 1 aromatic carbocycles. The SMILES string of the molecule is O=c1[nH]c(-c2ccccc2)cn2cc(Br)cc12. The number of benzene rings is 1. The Kier molecular flexibility index (Phi) is 2.37. The highest BCUT2D eigenvalue weighted by Gasteiger charge is 2.04. The molecule has 1 N–H and O–H groups in total. The van der Waals surface area contributed by atoms with Gasteiger partial charge in [-0.05, 0) is 27.6 Å². The molecule has 0 atom stereocenters. The lowest BCUT2D eigenvalue weighted by molar-refractivity contribution is 1.11. The zero-order valence-electron chi connectivity index (χ0n) is 8.85. The summed E-state index contributed by atoms with van der Waals surface area (Å²) in [7, 11) is 0. The van der Waals surface area contributed by atoms with Gasteiger partial charge in [0.1, 0.15) is 5.52 Å². The third-order valence-corrected chi connectivity index (χ3v) is 3.08. The molecule has 0 spiro atoms. The molecule has 0 bridgehead atoms. The lowest BCUT2D eigenvalue weighted by Crippen LogP contribution is -2.09. The van der Waals surface area contributed by atoms with Gasteiger partial charge < -0.3 is 9.38 Å². The number of nitrogens with zero attached hydrogens (tertiary/aromatic N) is 1. The number of fused-ring (bicyclic) bond motifs is 1. The number of H-pyrrole nitrogens is 1. The highest BCUT2D eigenvalue weighted by molar-refractivity contribution is 9.10. The molecule has 2 heterocycles. The van der Waals surface area contributed by atoms with Gasteiger partial charge in [0.05, 0.1) is 5.69 Å². The van der Waals surface area contributed by atoms with Crippen molar-refractivity contribution in [1.29, 1.82) is 0 Å². The Hall–Kier alpha value is -1.81. The van der Waals surface area contributed by atoms with E-state index in [1.165, 1.54) is 0 Å². The maximum Gasteiger partial charge on any atom is 0.272 e. The largest absolute Gasteiger partial charge is 0.319 e. The summed E-state index contributed by atoms with van der Waals surface area (Å²) >= 11 is 3.37. The van der Waals surface area contributed by atoms with E-state index in [9.17, 15) is 4.79 Å². The molecule has 3 rings (SSSR count). The molecule has 0 aliphatic rings. The van der Waals surface area contributed by atoms with Gasteiger partial charge in [0.15, 0.2) is 0 Å². The van der Waals surface area contributed by atoms with E-state index in [-0.39, 0.29) is 5.56 Å². The molecule has 0 fully saturated rings. The van der Waals surface area contributed by atoms with Crippen molar-refractivity contribution in [3.8, 4) is 11.3 Å². The fraction of sp³-hybridized carbons (Fsp3) is 0. The normalized spacial score (nSPS) is 10.9. The van der Waals surface area contributed by atoms with Crippen molar-refractivity contribution in [3.05, 3.63) is 63.6 Å². The second-order valence-corrected chi connectivity index (χ2v) is 4.73. The predicted octanol–water partition coefficient (Wildman–Crippen LogP) is 3.06. The smallest absolute Gasteiger partial charge is 0.272 e. The molecule has 3 nitrogen and oxygen atoms in total. The summed E-state index contributed by atoms with van der Waals surface area (Å²) in [5.74, 6) is 0. The summed E-state index contributed by atoms with van der Waals surface area (Å²) in [6.45, 7) is 0. The van der Waals surface area contributed by atoms with Crippen molar-refractivity contribution < 1.29 is 0 Å². The Bertz CT molecular complexity index is 728. The first-order valence-electron chi connectivity index (χ1n) is 5.20. The molecule has 0 aliphatic carbocycles. The number of aromatic amines is 1. The molecule has 3 aromatic rings. The number of nitrogens with one attached hydrogen (secondary N) is 1. The Morgan fingerprint density at radius 2 is 1.88 bits per heavy atom. The van der Waals surface area contributed by atoms with Crippen LogP contribution in [0, 0.1) is 0 Å². The van der Waals surface area contributed by atoms with Crippen LogP contribution >= 0.6 is 15.9 Å². The van der Waals surface area contributed by atoms with Crippen molar-refractivity contribution in [3.63, 3.8) is 0 Å². The summed E-state index contributed by atoms with van der Waals surface area (Å²) in [6.07, 6.45) is 3.79. The van der Waals surface area contributed by atoms with E-state index in [0.29, 0.717) is 5.52 Å². The molecule has 4 heteroatoms. The van der Waals surface area contributed by atoms with Gasteiger partial charge in [-0.1, -0.05) is 30.3 Å². The first-order valence-corrected chi connectivity index (χ1v) is 5.99. The topological polar surface area (TPSA) is 37.3 Å². The minimum absolute atomic E-state index is 0.0861. The predicted molar refractivity (Wildman–Crippen MR) is 71.2 cm³/mol. The molecule has 17 heavy (non-hydrogen) atoms. The van der Waals surface area contributed by atoms with Crippen LogP contribution in [0.5, 0.6) is 0 Å². The number of hydrogen-bond donors (Lipinski definition) is 1. The van der Waals surface area contributed by atoms with Crippen LogP contribution in [0.2, 0.25) is 0 Å². The Morgan fingerprint density at radius 1 is 1.12 bits per heavy atom. The fourth-order valence-corrected chi connectivity index (χ4v) is 2.29. The lowest BCUT2D eigenvalue weighted by Gasteiger charge is -2.02. The number of aromatic nitrogens is 2. The van der Waals surface area contributed by atoms with E-state index in [1.54, 1.807) is 6.07 Å². The van der Waals surface area contributed by atoms with Crippen molar-refractivity contribution in [2.75, 3.05) is 0 Å². The second kappa shape index (κ2) is 3.89. The van der Waals surface area contributed by atoms with Crippen LogP contribution in [-0.4, -0.2) is 9.38 Å². The average Bonchev–Trinajstić information content (AvgIpc) is 2.71. The summed E-state index contributed by atoms with van der Waals surface area (Å²) in [5.41, 5.74) is 2.36. The summed E-state index contributed by atoms with van der Waals surface area (Å²) < 4.78 is 2.72. The molecule has 0 radical (unpaired) electrons. The van der Waals surface area contributed by atoms with Crippen LogP contribution in [0.15, 0.2) is 58.1 Å². The third-order valence-electron chi connectivity index (χ3n) is 2.65. The molecular formula is C13H9BrN2O. The number of rotatable bonds is 1. The maximum absolute atomic E-state index is 11.9. The molecule has 0 saturated carbocycles. The Balaban J connectivity index is 2.29. The van der Waals surface area contributed by atoms with Crippen LogP contribution in [0.4, 0.5) is 0 Å². The first-order chi connectivity index (χ1) is 8.24. The molecule has 0 unspecified atom stereocenters. The molecule has 0 amide bonds. The second-order valence-electron chi connectivity index (χ2n) is 3.81. The molecule has 0 aliphatic heterocycles. The van der Waals surface area contributed by atoms with E-state index in [2.05, 4.69) is 20.9 Å². The van der Waals surface area contributed by atoms with Crippen molar-refractivity contribution in [2.24, 2.45) is 0 Å². The fourth-order valence-electron chi connectivity index (χ4n) is 1.86. The van der Waals surface area contributed by atoms with Gasteiger partial charge in [0, 0.05) is 16.9 Å². The highest BCUT2D eigenvalue weighted by Crippen LogP contribution is 2.18. The average molecular weight is 289 g/mol. The van der Waals surface area contributed by atoms with E-state index in [4.69, 9.17) is 0 Å². The number of hydrogen-bond acceptors (Lipinski definition) is 1. The first kappa shape index (κ1) is 10.4. The number of halogens is 1. The third kappa shape index (κ3) is 1.80. The lowest BCUT2D eigenvalue weighted by atomic mass is 10.2. The van der Waals surface area contributed by atoms with Gasteiger partial charge in [-0.3, -0.25) is 4.79 Å². The van der Waals surface area contributed by atoms with Crippen LogP contribution in [0.25, 0.3) is 16.8 Å². The molecular weight excluding hydrogens is 280 g/mol. The highest BCUT2D eigenvalue weighted by atomic mass is 79.9. The quantitative estimate of drug-likeness (QED) is 0.734. The monoisotopic (exact) mass is 288 g/mol. The minimum atomic E-state index is -0.0861. The Labute approximate surface area is 106 Å². The molecule has 84 valence electrons. The van der Waals surface area contributed by atoms with Gasteiger partial charge in [0.25, 0.3) is 5.56 Å². The zero-order valence-corrected chi connectivity index (χ0v) is 10.4. The van der Waals surface area contributed by atoms with Crippen molar-refractivity contribution in [1.82, 2.24) is 9.38 Å². The van der Waals surface area contributed by atoms with E-state index in [0.717, 1.165) is 15.7 Å². The zero-order chi connectivity index (χ0) is 11.8. The van der Waals surface area contributed by atoms with Crippen LogP contribution in [0.3, 0.4) is 0 Å². The van der Waals surface area contributed by atoms with Crippen molar-refractivity contribution in [2.45, 2.75) is 0 Å². The van der Waals surface area contributed by atoms with E-state index in [1.807, 2.05) is 47.1 Å². The summed E-state index contributed by atoms with van der Waals surface area (Å²) in [6, 6.07) is 11.6. The van der Waals surface area contributed by atoms with Crippen LogP contribution < -0.4 is 5.56 Å². The van der Waals surface area contributed by atoms with Crippen LogP contribution in [0.1, 0.15) is 0 Å². The molecule has 2 aromatic heterocycles. The van der Waals surface area contributed by atoms with Crippen molar-refractivity contribution >= 4 is 21.4 Å². The van der Waals surface area contributed by atoms with E-state index >= 15 is 0 Å². The van der Waals surface area contributed by atoms with E-state index < -0.39 is 0 Å². The Morgan fingerprint density at radius 3 is 2.65 bits per heavy atom. The maximum atomic E-state index is 11.9. The van der Waals surface area contributed by atoms with Gasteiger partial charge in [-0.15, -0.1) is 0 Å². The molecule has 0 saturated heterocycles. The van der Waals surface area contributed by atoms with Gasteiger partial charge in [0.2, 0.25) is 0 Å². The minimum Gasteiger partial charge on any atom is -0.319 e. The van der Waals surface area contributed by atoms with Gasteiger partial charge >= 0.3 is 0 Å². The summed E-state index contributed by atoms with van der Waals surface area (Å²) in [5, 5.41) is 0.